The second-order valence-electron chi connectivity index (χ2n) is 6.62. The first-order valence-corrected chi connectivity index (χ1v) is 9.65. The van der Waals surface area contributed by atoms with Crippen molar-refractivity contribution >= 4 is 45.9 Å². The monoisotopic (exact) mass is 444 g/mol. The van der Waals surface area contributed by atoms with Crippen molar-refractivity contribution in [2.24, 2.45) is 0 Å². The van der Waals surface area contributed by atoms with Crippen molar-refractivity contribution in [2.45, 2.75) is 0 Å². The van der Waals surface area contributed by atoms with Gasteiger partial charge in [-0.3, -0.25) is 19.9 Å². The van der Waals surface area contributed by atoms with Gasteiger partial charge >= 0.3 is 0 Å². The van der Waals surface area contributed by atoms with Crippen molar-refractivity contribution in [2.75, 3.05) is 5.32 Å². The van der Waals surface area contributed by atoms with Crippen molar-refractivity contribution in [3.63, 3.8) is 0 Å². The van der Waals surface area contributed by atoms with Crippen molar-refractivity contribution in [1.29, 1.82) is 5.26 Å². The van der Waals surface area contributed by atoms with Gasteiger partial charge in [0.25, 0.3) is 11.6 Å². The fourth-order valence-electron chi connectivity index (χ4n) is 3.13. The molecule has 0 saturated carbocycles. The van der Waals surface area contributed by atoms with E-state index < -0.39 is 10.8 Å². The fourth-order valence-corrected chi connectivity index (χ4v) is 3.30. The molecule has 4 rings (SSSR count). The highest BCUT2D eigenvalue weighted by atomic mass is 35.5. The number of nitrogens with zero attached hydrogens (tertiary/aromatic N) is 3. The van der Waals surface area contributed by atoms with E-state index in [1.54, 1.807) is 24.4 Å². The van der Waals surface area contributed by atoms with Gasteiger partial charge in [0.1, 0.15) is 23.2 Å². The summed E-state index contributed by atoms with van der Waals surface area (Å²) in [7, 11) is 0. The molecule has 0 aliphatic carbocycles. The summed E-state index contributed by atoms with van der Waals surface area (Å²) in [5, 5.41) is 24.5. The van der Waals surface area contributed by atoms with E-state index >= 15 is 0 Å². The number of benzene rings is 2. The van der Waals surface area contributed by atoms with Crippen LogP contribution in [0.15, 0.2) is 76.9 Å². The molecule has 0 aliphatic rings. The number of fused-ring (bicyclic) bond motifs is 1. The summed E-state index contributed by atoms with van der Waals surface area (Å²) in [5.41, 5.74) is 1.03. The highest BCUT2D eigenvalue weighted by molar-refractivity contribution is 6.31. The van der Waals surface area contributed by atoms with E-state index in [1.165, 1.54) is 36.4 Å². The lowest BCUT2D eigenvalue weighted by Crippen LogP contribution is -2.13. The summed E-state index contributed by atoms with van der Waals surface area (Å²) in [4.78, 5) is 27.7. The average Bonchev–Trinajstić information content (AvgIpc) is 3.26. The van der Waals surface area contributed by atoms with E-state index in [0.717, 1.165) is 5.39 Å². The summed E-state index contributed by atoms with van der Waals surface area (Å²) in [6, 6.07) is 17.9. The van der Waals surface area contributed by atoms with Gasteiger partial charge in [0.05, 0.1) is 21.7 Å². The molecular formula is C23H13ClN4O4. The average molecular weight is 445 g/mol. The van der Waals surface area contributed by atoms with Crippen molar-refractivity contribution in [3.8, 4) is 17.4 Å². The highest BCUT2D eigenvalue weighted by Crippen LogP contribution is 2.33. The molecule has 156 valence electrons. The summed E-state index contributed by atoms with van der Waals surface area (Å²) < 4.78 is 5.64. The zero-order valence-corrected chi connectivity index (χ0v) is 17.0. The van der Waals surface area contributed by atoms with Gasteiger partial charge in [-0.25, -0.2) is 0 Å². The zero-order chi connectivity index (χ0) is 22.7. The van der Waals surface area contributed by atoms with Crippen LogP contribution in [0.3, 0.4) is 0 Å². The molecule has 0 fully saturated rings. The molecule has 0 spiro atoms. The van der Waals surface area contributed by atoms with Crippen LogP contribution in [0.2, 0.25) is 5.02 Å². The van der Waals surface area contributed by atoms with Crippen molar-refractivity contribution < 1.29 is 14.1 Å². The van der Waals surface area contributed by atoms with Gasteiger partial charge in [-0.2, -0.15) is 5.26 Å². The molecule has 9 heteroatoms. The number of hydrogen-bond donors (Lipinski definition) is 1. The molecule has 32 heavy (non-hydrogen) atoms. The molecular weight excluding hydrogens is 432 g/mol. The number of nitriles is 1. The Morgan fingerprint density at radius 3 is 2.81 bits per heavy atom. The lowest BCUT2D eigenvalue weighted by Gasteiger charge is -2.07. The smallest absolute Gasteiger partial charge is 0.281 e. The van der Waals surface area contributed by atoms with Crippen LogP contribution in [-0.4, -0.2) is 15.8 Å². The maximum Gasteiger partial charge on any atom is 0.281 e. The molecule has 0 unspecified atom stereocenters. The molecule has 1 amide bonds. The van der Waals surface area contributed by atoms with Gasteiger partial charge in [-0.15, -0.1) is 0 Å². The van der Waals surface area contributed by atoms with Crippen LogP contribution in [0.1, 0.15) is 5.76 Å². The molecule has 0 atom stereocenters. The van der Waals surface area contributed by atoms with Crippen LogP contribution in [0.25, 0.3) is 28.3 Å². The minimum atomic E-state index is -0.626. The molecule has 0 aliphatic heterocycles. The number of furan rings is 1. The third-order valence-electron chi connectivity index (χ3n) is 4.59. The predicted octanol–water partition coefficient (Wildman–Crippen LogP) is 5.60. The molecule has 8 nitrogen and oxygen atoms in total. The number of nitrogens with one attached hydrogen (secondary N) is 1. The van der Waals surface area contributed by atoms with Gasteiger partial charge in [0.15, 0.2) is 0 Å². The topological polar surface area (TPSA) is 122 Å². The van der Waals surface area contributed by atoms with Crippen LogP contribution < -0.4 is 5.32 Å². The van der Waals surface area contributed by atoms with Gasteiger partial charge in [-0.1, -0.05) is 17.7 Å². The minimum absolute atomic E-state index is 0.190. The Bertz CT molecular complexity index is 1430. The molecule has 0 saturated heterocycles. The van der Waals surface area contributed by atoms with Crippen LogP contribution >= 0.6 is 11.6 Å². The summed E-state index contributed by atoms with van der Waals surface area (Å²) in [6.07, 6.45) is 2.91. The number of pyridine rings is 1. The number of carbonyl (C=O) groups is 1. The van der Waals surface area contributed by atoms with Crippen LogP contribution in [0.4, 0.5) is 11.4 Å². The summed E-state index contributed by atoms with van der Waals surface area (Å²) >= 11 is 5.85. The lowest BCUT2D eigenvalue weighted by molar-refractivity contribution is -0.384. The fraction of sp³-hybridized carbons (Fsp3) is 0. The first-order chi connectivity index (χ1) is 15.5. The van der Waals surface area contributed by atoms with Crippen molar-refractivity contribution in [3.05, 3.63) is 93.3 Å². The Kier molecular flexibility index (Phi) is 5.66. The second-order valence-corrected chi connectivity index (χ2v) is 7.06. The number of aromatic nitrogens is 1. The first-order valence-electron chi connectivity index (χ1n) is 9.27. The highest BCUT2D eigenvalue weighted by Gasteiger charge is 2.19. The molecule has 2 aromatic heterocycles. The van der Waals surface area contributed by atoms with Crippen molar-refractivity contribution in [1.82, 2.24) is 4.98 Å². The Morgan fingerprint density at radius 1 is 1.19 bits per heavy atom. The third-order valence-corrected chi connectivity index (χ3v) is 4.83. The molecule has 0 bridgehead atoms. The largest absolute Gasteiger partial charge is 0.456 e. The number of rotatable bonds is 5. The van der Waals surface area contributed by atoms with E-state index in [0.29, 0.717) is 11.2 Å². The molecule has 2 heterocycles. The maximum atomic E-state index is 12.7. The molecule has 0 radical (unpaired) electrons. The normalized spacial score (nSPS) is 11.2. The van der Waals surface area contributed by atoms with Gasteiger partial charge in [0, 0.05) is 28.7 Å². The summed E-state index contributed by atoms with van der Waals surface area (Å²) in [6.45, 7) is 0. The van der Waals surface area contributed by atoms with Gasteiger partial charge in [0.2, 0.25) is 0 Å². The quantitative estimate of drug-likeness (QED) is 0.185. The van der Waals surface area contributed by atoms with Gasteiger partial charge in [-0.05, 0) is 48.5 Å². The van der Waals surface area contributed by atoms with Gasteiger partial charge < -0.3 is 9.73 Å². The number of carbonyl (C=O) groups excluding carboxylic acids is 1. The van der Waals surface area contributed by atoms with E-state index in [2.05, 4.69) is 10.3 Å². The number of amides is 1. The number of anilines is 1. The number of nitro benzene ring substituents is 1. The molecule has 4 aromatic rings. The summed E-state index contributed by atoms with van der Waals surface area (Å²) in [5.74, 6) is -0.229. The number of nitro groups is 1. The van der Waals surface area contributed by atoms with E-state index in [9.17, 15) is 20.2 Å². The minimum Gasteiger partial charge on any atom is -0.456 e. The van der Waals surface area contributed by atoms with E-state index in [4.69, 9.17) is 16.0 Å². The predicted molar refractivity (Wildman–Crippen MR) is 120 cm³/mol. The Morgan fingerprint density at radius 2 is 2.03 bits per heavy atom. The number of hydrogen-bond acceptors (Lipinski definition) is 6. The number of halogens is 1. The van der Waals surface area contributed by atoms with E-state index in [1.807, 2.05) is 18.2 Å². The standard InChI is InChI=1S/C23H13ClN4O4/c24-15-6-8-18(21(12-15)28(30)31)22-9-7-16(32-22)11-14(13-25)23(29)27-20-5-1-4-19-17(20)3-2-10-26-19/h1-12H,(H,27,29)/b14-11+. The Balaban J connectivity index is 1.62. The third kappa shape index (κ3) is 4.19. The lowest BCUT2D eigenvalue weighted by atomic mass is 10.1. The molecule has 1 N–H and O–H groups in total. The van der Waals surface area contributed by atoms with Crippen LogP contribution in [0.5, 0.6) is 0 Å². The SMILES string of the molecule is N#C/C(=C\c1ccc(-c2ccc(Cl)cc2[N+](=O)[O-])o1)C(=O)Nc1cccc2ncccc12. The maximum absolute atomic E-state index is 12.7. The first kappa shape index (κ1) is 20.8. The molecule has 2 aromatic carbocycles. The zero-order valence-electron chi connectivity index (χ0n) is 16.3. The Hall–Kier alpha value is -4.48. The van der Waals surface area contributed by atoms with E-state index in [-0.39, 0.29) is 33.4 Å². The second kappa shape index (κ2) is 8.71. The van der Waals surface area contributed by atoms with Crippen LogP contribution in [0, 0.1) is 21.4 Å². The van der Waals surface area contributed by atoms with Crippen LogP contribution in [-0.2, 0) is 4.79 Å². The Labute approximate surface area is 186 Å².